The molecule has 12 heteroatoms. The maximum Gasteiger partial charge on any atom is 0.317 e. The number of hydrogen-bond donors (Lipinski definition) is 2. The Morgan fingerprint density at radius 3 is 2.35 bits per heavy atom. The molecular weight excluding hydrogens is 473 g/mol. The molecule has 0 aliphatic carbocycles. The average molecular weight is 505 g/mol. The van der Waals surface area contributed by atoms with Gasteiger partial charge in [-0.25, -0.2) is 26.4 Å². The Morgan fingerprint density at radius 1 is 1.09 bits per heavy atom. The predicted molar refractivity (Wildman–Crippen MR) is 119 cm³/mol. The second kappa shape index (κ2) is 10.4. The van der Waals surface area contributed by atoms with Gasteiger partial charge >= 0.3 is 6.03 Å². The number of nitrogens with two attached hydrogens (primary N) is 1. The molecule has 1 aromatic carbocycles. The topological polar surface area (TPSA) is 105 Å². The third-order valence-corrected chi connectivity index (χ3v) is 9.07. The van der Waals surface area contributed by atoms with Crippen molar-refractivity contribution in [3.63, 3.8) is 0 Å². The molecule has 0 saturated carbocycles. The van der Waals surface area contributed by atoms with Gasteiger partial charge in [-0.2, -0.15) is 4.31 Å². The van der Waals surface area contributed by atoms with Gasteiger partial charge in [0, 0.05) is 43.8 Å². The molecule has 0 spiro atoms. The molecule has 34 heavy (non-hydrogen) atoms. The van der Waals surface area contributed by atoms with Crippen LogP contribution in [-0.2, 0) is 21.2 Å². The fourth-order valence-corrected chi connectivity index (χ4v) is 7.25. The fraction of sp³-hybridized carbons (Fsp3) is 0.682. The second-order valence-corrected chi connectivity index (χ2v) is 11.3. The molecule has 3 saturated heterocycles. The molecule has 2 bridgehead atoms. The van der Waals surface area contributed by atoms with Crippen LogP contribution in [0.15, 0.2) is 12.1 Å². The number of rotatable bonds is 7. The van der Waals surface area contributed by atoms with Crippen LogP contribution < -0.4 is 11.1 Å². The lowest BCUT2D eigenvalue weighted by atomic mass is 9.83. The van der Waals surface area contributed by atoms with Crippen molar-refractivity contribution in [3.05, 3.63) is 35.1 Å². The van der Waals surface area contributed by atoms with Crippen molar-refractivity contribution >= 4 is 16.1 Å². The van der Waals surface area contributed by atoms with E-state index < -0.39 is 33.5 Å². The average Bonchev–Trinajstić information content (AvgIpc) is 3.09. The number of piperidine rings is 1. The highest BCUT2D eigenvalue weighted by atomic mass is 32.2. The number of hydrogen-bond acceptors (Lipinski definition) is 5. The van der Waals surface area contributed by atoms with Gasteiger partial charge in [0.1, 0.15) is 5.82 Å². The zero-order valence-corrected chi connectivity index (χ0v) is 19.7. The van der Waals surface area contributed by atoms with Gasteiger partial charge in [0.15, 0.2) is 11.6 Å². The molecule has 0 aromatic heterocycles. The molecule has 3 fully saturated rings. The van der Waals surface area contributed by atoms with E-state index in [0.29, 0.717) is 58.1 Å². The minimum Gasteiger partial charge on any atom is -0.378 e. The molecule has 4 rings (SSSR count). The van der Waals surface area contributed by atoms with E-state index in [-0.39, 0.29) is 48.3 Å². The highest BCUT2D eigenvalue weighted by Gasteiger charge is 2.47. The number of nitrogens with zero attached hydrogens (tertiary/aromatic N) is 2. The van der Waals surface area contributed by atoms with Crippen LogP contribution in [-0.4, -0.2) is 80.4 Å². The number of carbonyl (C=O) groups is 1. The van der Waals surface area contributed by atoms with Crippen LogP contribution >= 0.6 is 0 Å². The van der Waals surface area contributed by atoms with Crippen LogP contribution in [0.2, 0.25) is 0 Å². The Kier molecular flexibility index (Phi) is 7.70. The third-order valence-electron chi connectivity index (χ3n) is 7.11. The molecule has 1 aromatic rings. The summed E-state index contributed by atoms with van der Waals surface area (Å²) in [6.07, 6.45) is 2.54. The molecule has 8 nitrogen and oxygen atoms in total. The summed E-state index contributed by atoms with van der Waals surface area (Å²) in [7, 11) is -3.59. The number of carbonyl (C=O) groups excluding carboxylic acids is 1. The first-order valence-electron chi connectivity index (χ1n) is 11.7. The summed E-state index contributed by atoms with van der Waals surface area (Å²) in [4.78, 5) is 13.8. The van der Waals surface area contributed by atoms with Gasteiger partial charge in [0.25, 0.3) is 0 Å². The van der Waals surface area contributed by atoms with E-state index in [9.17, 15) is 26.4 Å². The summed E-state index contributed by atoms with van der Waals surface area (Å²) in [5.41, 5.74) is 6.34. The lowest BCUT2D eigenvalue weighted by Crippen LogP contribution is -2.52. The van der Waals surface area contributed by atoms with Crippen molar-refractivity contribution < 1.29 is 31.1 Å². The molecule has 4 atom stereocenters. The fourth-order valence-electron chi connectivity index (χ4n) is 5.39. The zero-order chi connectivity index (χ0) is 24.5. The number of sulfonamides is 1. The van der Waals surface area contributed by atoms with Gasteiger partial charge in [-0.3, -0.25) is 0 Å². The summed E-state index contributed by atoms with van der Waals surface area (Å²) in [6, 6.07) is 0.155. The van der Waals surface area contributed by atoms with Gasteiger partial charge in [-0.15, -0.1) is 0 Å². The Hall–Kier alpha value is -1.89. The number of fused-ring (bicyclic) bond motifs is 2. The first-order valence-corrected chi connectivity index (χ1v) is 13.3. The van der Waals surface area contributed by atoms with Gasteiger partial charge in [0.05, 0.1) is 19.0 Å². The second-order valence-electron chi connectivity index (χ2n) is 9.32. The Labute approximate surface area is 197 Å². The van der Waals surface area contributed by atoms with Gasteiger partial charge in [-0.1, -0.05) is 0 Å². The van der Waals surface area contributed by atoms with E-state index in [4.69, 9.17) is 10.5 Å². The predicted octanol–water partition coefficient (Wildman–Crippen LogP) is 1.59. The van der Waals surface area contributed by atoms with Crippen molar-refractivity contribution in [1.29, 1.82) is 0 Å². The first-order chi connectivity index (χ1) is 16.2. The number of halogens is 3. The Bertz CT molecular complexity index is 992. The quantitative estimate of drug-likeness (QED) is 0.549. The van der Waals surface area contributed by atoms with E-state index in [1.807, 2.05) is 0 Å². The number of ether oxygens (including phenoxy) is 1. The van der Waals surface area contributed by atoms with Crippen LogP contribution in [0, 0.1) is 23.4 Å². The van der Waals surface area contributed by atoms with E-state index >= 15 is 0 Å². The molecule has 0 radical (unpaired) electrons. The van der Waals surface area contributed by atoms with Gasteiger partial charge < -0.3 is 20.7 Å². The number of morpholine rings is 1. The standard InChI is InChI=1S/C22H31F3N4O4S/c23-18-13-20(25)19(24)11-14(18)12-21(26)15-9-16-1-2-17(10-15)29(16)34(31,32)8-3-27-22(30)28-4-6-33-7-5-28/h11,13,15-17,21H,1-10,12,26H2,(H,27,30)/t15-,16-,17+,21?. The largest absolute Gasteiger partial charge is 0.378 e. The Morgan fingerprint density at radius 2 is 1.71 bits per heavy atom. The molecule has 3 N–H and O–H groups in total. The minimum absolute atomic E-state index is 0.0183. The minimum atomic E-state index is -3.59. The van der Waals surface area contributed by atoms with E-state index in [2.05, 4.69) is 5.32 Å². The van der Waals surface area contributed by atoms with Gasteiger partial charge in [-0.05, 0) is 49.7 Å². The van der Waals surface area contributed by atoms with E-state index in [1.165, 1.54) is 0 Å². The summed E-state index contributed by atoms with van der Waals surface area (Å²) in [5.74, 6) is -3.45. The van der Waals surface area contributed by atoms with E-state index in [1.54, 1.807) is 9.21 Å². The summed E-state index contributed by atoms with van der Waals surface area (Å²) < 4.78 is 73.7. The molecule has 3 aliphatic rings. The van der Waals surface area contributed by atoms with Crippen LogP contribution in [0.5, 0.6) is 0 Å². The van der Waals surface area contributed by atoms with Crippen LogP contribution in [0.4, 0.5) is 18.0 Å². The Balaban J connectivity index is 1.32. The van der Waals surface area contributed by atoms with Crippen molar-refractivity contribution in [2.75, 3.05) is 38.6 Å². The summed E-state index contributed by atoms with van der Waals surface area (Å²) in [6.45, 7) is 1.91. The van der Waals surface area contributed by atoms with Crippen molar-refractivity contribution in [2.24, 2.45) is 11.7 Å². The molecule has 3 heterocycles. The first kappa shape index (κ1) is 25.2. The zero-order valence-electron chi connectivity index (χ0n) is 18.9. The number of urea groups is 1. The number of amides is 2. The highest BCUT2D eigenvalue weighted by Crippen LogP contribution is 2.42. The normalized spacial score (nSPS) is 26.5. The summed E-state index contributed by atoms with van der Waals surface area (Å²) >= 11 is 0. The highest BCUT2D eigenvalue weighted by molar-refractivity contribution is 7.89. The van der Waals surface area contributed by atoms with Crippen molar-refractivity contribution in [1.82, 2.24) is 14.5 Å². The molecule has 2 amide bonds. The molecule has 3 aliphatic heterocycles. The third kappa shape index (κ3) is 5.50. The number of benzene rings is 1. The maximum absolute atomic E-state index is 14.0. The van der Waals surface area contributed by atoms with Crippen molar-refractivity contribution in [3.8, 4) is 0 Å². The monoisotopic (exact) mass is 504 g/mol. The molecule has 1 unspecified atom stereocenters. The van der Waals surface area contributed by atoms with Crippen LogP contribution in [0.25, 0.3) is 0 Å². The van der Waals surface area contributed by atoms with E-state index in [0.717, 1.165) is 6.07 Å². The smallest absolute Gasteiger partial charge is 0.317 e. The maximum atomic E-state index is 14.0. The lowest BCUT2D eigenvalue weighted by molar-refractivity contribution is 0.0533. The van der Waals surface area contributed by atoms with Crippen LogP contribution in [0.3, 0.4) is 0 Å². The molecule has 190 valence electrons. The lowest BCUT2D eigenvalue weighted by Gasteiger charge is -2.40. The number of nitrogens with one attached hydrogen (secondary N) is 1. The molecular formula is C22H31F3N4O4S. The summed E-state index contributed by atoms with van der Waals surface area (Å²) in [5, 5.41) is 2.68. The SMILES string of the molecule is NC(Cc1cc(F)c(F)cc1F)[C@@H]1C[C@H]2CC[C@@H](C1)N2S(=O)(=O)CCNC(=O)N1CCOCC1. The van der Waals surface area contributed by atoms with Crippen molar-refractivity contribution in [2.45, 2.75) is 50.2 Å². The van der Waals surface area contributed by atoms with Gasteiger partial charge in [0.2, 0.25) is 10.0 Å². The van der Waals surface area contributed by atoms with Crippen LogP contribution in [0.1, 0.15) is 31.2 Å².